The van der Waals surface area contributed by atoms with Crippen molar-refractivity contribution in [2.24, 2.45) is 0 Å². The number of anilines is 1. The summed E-state index contributed by atoms with van der Waals surface area (Å²) < 4.78 is 25.6. The average Bonchev–Trinajstić information content (AvgIpc) is 3.54. The SMILES string of the molecule is CCOC(=O)/C(Cl)=C/c1cc(N2C(=O)C3=C(CCCC3)C2=O)ccc1Cl.COC(=O)C(C)Oc1ccc(Oc2ccc(Cl)cc2Cl)cc1.O=C(O)COc1ccc(Cl)c2cccnc12. The van der Waals surface area contributed by atoms with Gasteiger partial charge >= 0.3 is 17.9 Å². The van der Waals surface area contributed by atoms with Gasteiger partial charge in [-0.2, -0.15) is 0 Å². The number of ether oxygens (including phenoxy) is 5. The number of fused-ring (bicyclic) bond motifs is 1. The molecule has 0 saturated carbocycles. The molecule has 0 fully saturated rings. The largest absolute Gasteiger partial charge is 0.480 e. The van der Waals surface area contributed by atoms with Crippen LogP contribution < -0.4 is 19.1 Å². The minimum Gasteiger partial charge on any atom is -0.480 e. The zero-order chi connectivity index (χ0) is 46.5. The van der Waals surface area contributed by atoms with Gasteiger partial charge < -0.3 is 28.8 Å². The van der Waals surface area contributed by atoms with Crippen molar-refractivity contribution in [2.45, 2.75) is 45.6 Å². The summed E-state index contributed by atoms with van der Waals surface area (Å²) in [6.45, 7) is 3.09. The zero-order valence-electron chi connectivity index (χ0n) is 34.4. The van der Waals surface area contributed by atoms with E-state index in [9.17, 15) is 24.0 Å². The number of pyridine rings is 1. The number of esters is 2. The summed E-state index contributed by atoms with van der Waals surface area (Å²) in [7, 11) is 1.31. The molecule has 2 aliphatic rings. The Hall–Kier alpha value is -5.83. The fourth-order valence-corrected chi connectivity index (χ4v) is 7.21. The van der Waals surface area contributed by atoms with Crippen molar-refractivity contribution >= 4 is 110 Å². The van der Waals surface area contributed by atoms with Gasteiger partial charge in [0.1, 0.15) is 33.5 Å². The van der Waals surface area contributed by atoms with E-state index in [1.165, 1.54) is 18.1 Å². The molecule has 0 spiro atoms. The molecule has 5 aromatic rings. The Bertz CT molecular complexity index is 2590. The Morgan fingerprint density at radius 2 is 1.47 bits per heavy atom. The van der Waals surface area contributed by atoms with E-state index in [0.717, 1.165) is 18.2 Å². The summed E-state index contributed by atoms with van der Waals surface area (Å²) in [5.74, 6) is -0.648. The number of nitrogens with zero attached hydrogens (tertiary/aromatic N) is 2. The van der Waals surface area contributed by atoms with Gasteiger partial charge in [-0.15, -0.1) is 0 Å². The molecule has 1 unspecified atom stereocenters. The molecular formula is C46H39Cl5N2O11. The second-order valence-electron chi connectivity index (χ2n) is 13.6. The molecule has 0 bridgehead atoms. The number of imide groups is 1. The number of carbonyl (C=O) groups excluding carboxylic acids is 4. The molecule has 7 rings (SSSR count). The van der Waals surface area contributed by atoms with Gasteiger partial charge in [-0.1, -0.05) is 58.0 Å². The quantitative estimate of drug-likeness (QED) is 0.0715. The van der Waals surface area contributed by atoms with Gasteiger partial charge in [-0.25, -0.2) is 19.3 Å². The third-order valence-electron chi connectivity index (χ3n) is 9.20. The first-order chi connectivity index (χ1) is 30.6. The van der Waals surface area contributed by atoms with Crippen LogP contribution in [0.3, 0.4) is 0 Å². The van der Waals surface area contributed by atoms with Crippen molar-refractivity contribution < 1.29 is 52.8 Å². The lowest BCUT2D eigenvalue weighted by molar-refractivity contribution is -0.148. The Morgan fingerprint density at radius 3 is 2.09 bits per heavy atom. The van der Waals surface area contributed by atoms with Crippen molar-refractivity contribution in [2.75, 3.05) is 25.2 Å². The molecule has 0 saturated heterocycles. The summed E-state index contributed by atoms with van der Waals surface area (Å²) in [5.41, 5.74) is 2.61. The maximum absolute atomic E-state index is 12.7. The van der Waals surface area contributed by atoms with Crippen molar-refractivity contribution in [1.29, 1.82) is 0 Å². The second-order valence-corrected chi connectivity index (χ2v) is 15.7. The van der Waals surface area contributed by atoms with Crippen LogP contribution in [0, 0.1) is 0 Å². The number of carbonyl (C=O) groups is 5. The van der Waals surface area contributed by atoms with E-state index in [1.807, 2.05) is 0 Å². The smallest absolute Gasteiger partial charge is 0.349 e. The van der Waals surface area contributed by atoms with E-state index in [0.29, 0.717) is 83.8 Å². The highest BCUT2D eigenvalue weighted by atomic mass is 35.5. The monoisotopic (exact) mass is 970 g/mol. The van der Waals surface area contributed by atoms with Crippen molar-refractivity contribution in [3.05, 3.63) is 133 Å². The number of halogens is 5. The molecular weight excluding hydrogens is 934 g/mol. The predicted octanol–water partition coefficient (Wildman–Crippen LogP) is 11.3. The lowest BCUT2D eigenvalue weighted by atomic mass is 9.93. The summed E-state index contributed by atoms with van der Waals surface area (Å²) in [6, 6.07) is 23.4. The van der Waals surface area contributed by atoms with Crippen LogP contribution >= 0.6 is 58.0 Å². The lowest BCUT2D eigenvalue weighted by Crippen LogP contribution is -2.31. The van der Waals surface area contributed by atoms with E-state index in [4.69, 9.17) is 82.1 Å². The highest BCUT2D eigenvalue weighted by Crippen LogP contribution is 2.37. The summed E-state index contributed by atoms with van der Waals surface area (Å²) >= 11 is 30.0. The third kappa shape index (κ3) is 12.9. The number of aliphatic carboxylic acids is 1. The minimum atomic E-state index is -1.03. The number of hydrogen-bond acceptors (Lipinski definition) is 11. The van der Waals surface area contributed by atoms with Crippen LogP contribution in [-0.2, 0) is 33.4 Å². The van der Waals surface area contributed by atoms with Gasteiger partial charge in [-0.3, -0.25) is 14.6 Å². The average molecular weight is 973 g/mol. The lowest BCUT2D eigenvalue weighted by Gasteiger charge is -2.16. The van der Waals surface area contributed by atoms with Crippen LogP contribution in [0.1, 0.15) is 45.1 Å². The summed E-state index contributed by atoms with van der Waals surface area (Å²) in [5, 5.41) is 11.0. The molecule has 0 radical (unpaired) electrons. The summed E-state index contributed by atoms with van der Waals surface area (Å²) in [4.78, 5) is 64.0. The molecule has 2 heterocycles. The zero-order valence-corrected chi connectivity index (χ0v) is 38.2. The molecule has 334 valence electrons. The van der Waals surface area contributed by atoms with Gasteiger partial charge in [0.15, 0.2) is 12.7 Å². The van der Waals surface area contributed by atoms with Gasteiger partial charge in [0.2, 0.25) is 0 Å². The van der Waals surface area contributed by atoms with Gasteiger partial charge in [-0.05, 0) is 136 Å². The molecule has 1 aromatic heterocycles. The normalized spacial score (nSPS) is 13.8. The highest BCUT2D eigenvalue weighted by molar-refractivity contribution is 6.44. The van der Waals surface area contributed by atoms with Gasteiger partial charge in [0.05, 0.1) is 29.4 Å². The number of carboxylic acids is 1. The summed E-state index contributed by atoms with van der Waals surface area (Å²) in [6.07, 6.45) is 5.38. The first-order valence-corrected chi connectivity index (χ1v) is 21.3. The standard InChI is InChI=1S/C19H17Cl2NO4.C16H14Cl2O4.C11H8ClNO3/c1-2-26-19(25)16(21)10-11-9-12(7-8-15(11)20)22-17(23)13-5-3-4-6-14(13)18(22)24;1-10(16(19)20-2)21-12-4-6-13(7-5-12)22-15-8-3-11(17)9-14(15)18;12-8-3-4-9(16-6-10(14)15)11-7(8)2-1-5-13-11/h7-10H,2-6H2,1H3;3-10H,1-2H3;1-5H,6H2,(H,14,15)/b16-10-;;. The maximum Gasteiger partial charge on any atom is 0.349 e. The van der Waals surface area contributed by atoms with E-state index in [1.54, 1.807) is 105 Å². The van der Waals surface area contributed by atoms with Crippen LogP contribution in [0.25, 0.3) is 17.0 Å². The van der Waals surface area contributed by atoms with E-state index in [-0.39, 0.29) is 23.5 Å². The molecule has 4 aromatic carbocycles. The maximum atomic E-state index is 12.7. The molecule has 1 atom stereocenters. The molecule has 1 aliphatic heterocycles. The topological polar surface area (TPSA) is 168 Å². The van der Waals surface area contributed by atoms with E-state index in [2.05, 4.69) is 9.72 Å². The van der Waals surface area contributed by atoms with E-state index < -0.39 is 30.6 Å². The Morgan fingerprint density at radius 1 is 0.828 bits per heavy atom. The molecule has 64 heavy (non-hydrogen) atoms. The number of benzene rings is 4. The number of carboxylic acid groups (broad SMARTS) is 1. The van der Waals surface area contributed by atoms with Crippen LogP contribution in [-0.4, -0.2) is 66.2 Å². The van der Waals surface area contributed by atoms with Gasteiger partial charge in [0.25, 0.3) is 11.8 Å². The fourth-order valence-electron chi connectivity index (χ4n) is 6.21. The van der Waals surface area contributed by atoms with Crippen molar-refractivity contribution in [3.8, 4) is 23.0 Å². The Kier molecular flexibility index (Phi) is 17.8. The van der Waals surface area contributed by atoms with E-state index >= 15 is 0 Å². The van der Waals surface area contributed by atoms with Crippen LogP contribution in [0.5, 0.6) is 23.0 Å². The van der Waals surface area contributed by atoms with Crippen molar-refractivity contribution in [3.63, 3.8) is 0 Å². The number of rotatable bonds is 12. The van der Waals surface area contributed by atoms with Crippen LogP contribution in [0.4, 0.5) is 5.69 Å². The first kappa shape index (κ1) is 49.2. The Labute approximate surface area is 393 Å². The number of amides is 2. The van der Waals surface area contributed by atoms with Crippen LogP contribution in [0.15, 0.2) is 107 Å². The molecule has 13 nitrogen and oxygen atoms in total. The number of methoxy groups -OCH3 is 1. The number of aromatic nitrogens is 1. The number of hydrogen-bond donors (Lipinski definition) is 1. The molecule has 2 amide bonds. The predicted molar refractivity (Wildman–Crippen MR) is 245 cm³/mol. The molecule has 1 aliphatic carbocycles. The van der Waals surface area contributed by atoms with Crippen LogP contribution in [0.2, 0.25) is 20.1 Å². The Balaban J connectivity index is 0.000000186. The fraction of sp³-hybridized carbons (Fsp3) is 0.217. The second kappa shape index (κ2) is 23.2. The minimum absolute atomic E-state index is 0.137. The highest BCUT2D eigenvalue weighted by Gasteiger charge is 2.39. The molecule has 18 heteroatoms. The van der Waals surface area contributed by atoms with Gasteiger partial charge in [0, 0.05) is 32.8 Å². The third-order valence-corrected chi connectivity index (χ3v) is 10.7. The molecule has 1 N–H and O–H groups in total. The van der Waals surface area contributed by atoms with Crippen molar-refractivity contribution in [1.82, 2.24) is 4.98 Å². The first-order valence-electron chi connectivity index (χ1n) is 19.4.